The molecule has 0 amide bonds. The minimum atomic E-state index is -0.804. The first-order chi connectivity index (χ1) is 8.02. The van der Waals surface area contributed by atoms with Gasteiger partial charge in [-0.3, -0.25) is 20.2 Å². The van der Waals surface area contributed by atoms with Crippen molar-refractivity contribution in [2.75, 3.05) is 11.8 Å². The second kappa shape index (κ2) is 5.79. The van der Waals surface area contributed by atoms with E-state index in [2.05, 4.69) is 0 Å². The molecular formula is C9H7Cl2N2O4. The van der Waals surface area contributed by atoms with Crippen LogP contribution in [0.5, 0.6) is 0 Å². The topological polar surface area (TPSA) is 86.3 Å². The highest BCUT2D eigenvalue weighted by Crippen LogP contribution is 2.35. The van der Waals surface area contributed by atoms with E-state index in [1.54, 1.807) is 0 Å². The van der Waals surface area contributed by atoms with Crippen LogP contribution in [0.4, 0.5) is 11.4 Å². The van der Waals surface area contributed by atoms with E-state index in [-0.39, 0.29) is 17.3 Å². The van der Waals surface area contributed by atoms with E-state index in [0.29, 0.717) is 5.92 Å². The Hall–Kier alpha value is -1.40. The number of alkyl halides is 2. The number of para-hydroxylation sites is 1. The Morgan fingerprint density at radius 3 is 2.12 bits per heavy atom. The Kier molecular flexibility index (Phi) is 4.65. The highest BCUT2D eigenvalue weighted by molar-refractivity contribution is 6.23. The normalized spacial score (nSPS) is 10.5. The molecule has 0 N–H and O–H groups in total. The predicted molar refractivity (Wildman–Crippen MR) is 63.5 cm³/mol. The molecule has 0 atom stereocenters. The quantitative estimate of drug-likeness (QED) is 0.470. The first-order valence-electron chi connectivity index (χ1n) is 4.41. The molecule has 1 radical (unpaired) electrons. The Balaban J connectivity index is 3.44. The fraction of sp³-hybridized carbons (Fsp3) is 0.222. The lowest BCUT2D eigenvalue weighted by atomic mass is 10.00. The zero-order chi connectivity index (χ0) is 13.0. The van der Waals surface area contributed by atoms with Gasteiger partial charge in [0.1, 0.15) is 0 Å². The van der Waals surface area contributed by atoms with Gasteiger partial charge < -0.3 is 0 Å². The molecule has 0 aromatic heterocycles. The molecule has 0 bridgehead atoms. The van der Waals surface area contributed by atoms with Crippen LogP contribution in [0.1, 0.15) is 5.56 Å². The summed E-state index contributed by atoms with van der Waals surface area (Å²) in [5.41, 5.74) is -1.04. The summed E-state index contributed by atoms with van der Waals surface area (Å²) in [6, 6.07) is 3.83. The number of nitrogens with zero attached hydrogens (tertiary/aromatic N) is 2. The van der Waals surface area contributed by atoms with Gasteiger partial charge in [0.2, 0.25) is 0 Å². The molecule has 0 spiro atoms. The van der Waals surface area contributed by atoms with Crippen molar-refractivity contribution in [3.05, 3.63) is 49.9 Å². The number of rotatable bonds is 5. The first-order valence-corrected chi connectivity index (χ1v) is 5.48. The molecule has 0 saturated heterocycles. The van der Waals surface area contributed by atoms with E-state index in [1.165, 1.54) is 12.1 Å². The zero-order valence-electron chi connectivity index (χ0n) is 8.43. The number of nitro benzene ring substituents is 2. The minimum absolute atomic E-state index is 0.0223. The lowest BCUT2D eigenvalue weighted by Crippen LogP contribution is -2.08. The van der Waals surface area contributed by atoms with Gasteiger partial charge in [0.15, 0.2) is 0 Å². The van der Waals surface area contributed by atoms with Gasteiger partial charge in [-0.05, 0) is 0 Å². The number of hydrogen-bond acceptors (Lipinski definition) is 4. The van der Waals surface area contributed by atoms with Crippen LogP contribution in [0.2, 0.25) is 0 Å². The number of hydrogen-bond donors (Lipinski definition) is 0. The van der Waals surface area contributed by atoms with Crippen LogP contribution >= 0.6 is 23.2 Å². The number of benzene rings is 1. The summed E-state index contributed by atoms with van der Waals surface area (Å²) >= 11 is 11.2. The Morgan fingerprint density at radius 2 is 1.71 bits per heavy atom. The summed E-state index contributed by atoms with van der Waals surface area (Å²) in [6.45, 7) is 0. The molecule has 0 aliphatic heterocycles. The van der Waals surface area contributed by atoms with E-state index >= 15 is 0 Å². The molecule has 0 heterocycles. The van der Waals surface area contributed by atoms with Gasteiger partial charge in [-0.2, -0.15) is 0 Å². The van der Waals surface area contributed by atoms with Gasteiger partial charge in [-0.1, -0.05) is 12.1 Å². The van der Waals surface area contributed by atoms with Crippen molar-refractivity contribution in [3.63, 3.8) is 0 Å². The van der Waals surface area contributed by atoms with Gasteiger partial charge in [0.25, 0.3) is 0 Å². The maximum atomic E-state index is 10.9. The molecule has 91 valence electrons. The van der Waals surface area contributed by atoms with Crippen molar-refractivity contribution in [1.82, 2.24) is 0 Å². The maximum Gasteiger partial charge on any atom is 0.349 e. The molecule has 0 unspecified atom stereocenters. The second-order valence-corrected chi connectivity index (χ2v) is 3.59. The summed E-state index contributed by atoms with van der Waals surface area (Å²) in [5, 5.41) is 21.6. The van der Waals surface area contributed by atoms with Gasteiger partial charge in [-0.25, -0.2) is 0 Å². The molecule has 0 aliphatic carbocycles. The predicted octanol–water partition coefficient (Wildman–Crippen LogP) is 2.90. The summed E-state index contributed by atoms with van der Waals surface area (Å²) in [5.74, 6) is 0.334. The standard InChI is InChI=1S/C9H7Cl2N2O4/c10-4-6(5-11)7-2-1-3-8(12(14)15)9(7)13(16)17/h1-3H,4-5H2. The Labute approximate surface area is 106 Å². The summed E-state index contributed by atoms with van der Waals surface area (Å²) in [6.07, 6.45) is 0. The average Bonchev–Trinajstić information content (AvgIpc) is 2.30. The van der Waals surface area contributed by atoms with Crippen LogP contribution in [0.25, 0.3) is 0 Å². The van der Waals surface area contributed by atoms with E-state index in [1.807, 2.05) is 0 Å². The number of halogens is 2. The van der Waals surface area contributed by atoms with Crippen LogP contribution in [-0.2, 0) is 0 Å². The van der Waals surface area contributed by atoms with Crippen LogP contribution < -0.4 is 0 Å². The zero-order valence-corrected chi connectivity index (χ0v) is 9.94. The molecular weight excluding hydrogens is 271 g/mol. The van der Waals surface area contributed by atoms with Gasteiger partial charge in [0, 0.05) is 29.3 Å². The fourth-order valence-electron chi connectivity index (χ4n) is 1.34. The van der Waals surface area contributed by atoms with Crippen molar-refractivity contribution in [2.45, 2.75) is 0 Å². The highest BCUT2D eigenvalue weighted by Gasteiger charge is 2.31. The van der Waals surface area contributed by atoms with Crippen LogP contribution in [-0.4, -0.2) is 21.6 Å². The molecule has 1 aromatic rings. The van der Waals surface area contributed by atoms with Crippen molar-refractivity contribution >= 4 is 34.6 Å². The van der Waals surface area contributed by atoms with Crippen molar-refractivity contribution in [3.8, 4) is 0 Å². The largest absolute Gasteiger partial charge is 0.349 e. The fourth-order valence-corrected chi connectivity index (χ4v) is 1.91. The lowest BCUT2D eigenvalue weighted by Gasteiger charge is -2.09. The van der Waals surface area contributed by atoms with E-state index in [4.69, 9.17) is 23.2 Å². The smallest absolute Gasteiger partial charge is 0.258 e. The molecule has 1 rings (SSSR count). The van der Waals surface area contributed by atoms with Gasteiger partial charge in [0.05, 0.1) is 9.85 Å². The monoisotopic (exact) mass is 277 g/mol. The lowest BCUT2D eigenvalue weighted by molar-refractivity contribution is -0.422. The Bertz CT molecular complexity index is 449. The van der Waals surface area contributed by atoms with Gasteiger partial charge >= 0.3 is 11.4 Å². The summed E-state index contributed by atoms with van der Waals surface area (Å²) in [7, 11) is 0. The third-order valence-corrected chi connectivity index (χ3v) is 2.74. The summed E-state index contributed by atoms with van der Waals surface area (Å²) < 4.78 is 0. The van der Waals surface area contributed by atoms with Crippen molar-refractivity contribution in [2.24, 2.45) is 0 Å². The molecule has 6 nitrogen and oxygen atoms in total. The molecule has 1 aromatic carbocycles. The van der Waals surface area contributed by atoms with Crippen LogP contribution in [0.3, 0.4) is 0 Å². The summed E-state index contributed by atoms with van der Waals surface area (Å²) in [4.78, 5) is 20.0. The highest BCUT2D eigenvalue weighted by atomic mass is 35.5. The first kappa shape index (κ1) is 13.7. The minimum Gasteiger partial charge on any atom is -0.258 e. The van der Waals surface area contributed by atoms with E-state index < -0.39 is 21.2 Å². The third kappa shape index (κ3) is 2.83. The molecule has 17 heavy (non-hydrogen) atoms. The van der Waals surface area contributed by atoms with Crippen LogP contribution in [0, 0.1) is 26.1 Å². The van der Waals surface area contributed by atoms with E-state index in [9.17, 15) is 20.2 Å². The van der Waals surface area contributed by atoms with Crippen molar-refractivity contribution in [1.29, 1.82) is 0 Å². The second-order valence-electron chi connectivity index (χ2n) is 3.06. The van der Waals surface area contributed by atoms with Crippen molar-refractivity contribution < 1.29 is 9.85 Å². The SMILES string of the molecule is O=[N+]([O-])c1cccc([C](CCl)CCl)c1[N+](=O)[O-]. The molecule has 8 heteroatoms. The Morgan fingerprint density at radius 1 is 1.12 bits per heavy atom. The van der Waals surface area contributed by atoms with Gasteiger partial charge in [-0.15, -0.1) is 23.2 Å². The molecule has 0 saturated carbocycles. The molecule has 0 aliphatic rings. The maximum absolute atomic E-state index is 10.9. The number of nitro groups is 2. The molecule has 0 fully saturated rings. The van der Waals surface area contributed by atoms with E-state index in [0.717, 1.165) is 6.07 Å². The third-order valence-electron chi connectivity index (χ3n) is 2.10. The average molecular weight is 278 g/mol. The van der Waals surface area contributed by atoms with Crippen LogP contribution in [0.15, 0.2) is 18.2 Å².